The van der Waals surface area contributed by atoms with E-state index in [1.165, 1.54) is 0 Å². The van der Waals surface area contributed by atoms with Crippen LogP contribution in [0.1, 0.15) is 20.8 Å². The molecule has 0 unspecified atom stereocenters. The maximum absolute atomic E-state index is 11.6. The molecule has 1 heterocycles. The van der Waals surface area contributed by atoms with Crippen molar-refractivity contribution < 1.29 is 75.6 Å². The van der Waals surface area contributed by atoms with E-state index >= 15 is 0 Å². The summed E-state index contributed by atoms with van der Waals surface area (Å²) in [5.41, 5.74) is -0.692. The molecule has 1 atom stereocenters. The molecule has 1 rings (SSSR count). The molecule has 1 saturated heterocycles. The smallest absolute Gasteiger partial charge is 0.548 e. The zero-order valence-electron chi connectivity index (χ0n) is 11.0. The Morgan fingerprint density at radius 2 is 2.00 bits per heavy atom. The van der Waals surface area contributed by atoms with Crippen molar-refractivity contribution in [2.45, 2.75) is 32.4 Å². The number of rotatable bonds is 1. The Bertz CT molecular complexity index is 353. The number of aliphatic carboxylic acids is 1. The predicted molar refractivity (Wildman–Crippen MR) is 54.7 cm³/mol. The molecule has 18 heavy (non-hydrogen) atoms. The van der Waals surface area contributed by atoms with Gasteiger partial charge in [-0.3, -0.25) is 9.69 Å². The minimum atomic E-state index is -1.42. The normalized spacial score (nSPS) is 19.6. The van der Waals surface area contributed by atoms with Gasteiger partial charge in [0, 0.05) is 0 Å². The van der Waals surface area contributed by atoms with E-state index in [1.54, 1.807) is 20.8 Å². The van der Waals surface area contributed by atoms with Gasteiger partial charge in [0.1, 0.15) is 12.1 Å². The summed E-state index contributed by atoms with van der Waals surface area (Å²) < 4.78 is 5.05. The Balaban J connectivity index is 0.00000289. The number of hydrogen-bond donors (Lipinski definition) is 1. The molecule has 0 aliphatic carbocycles. The van der Waals surface area contributed by atoms with E-state index in [9.17, 15) is 19.5 Å². The number of ether oxygens (including phenoxy) is 1. The fourth-order valence-electron chi connectivity index (χ4n) is 1.34. The molecule has 1 fully saturated rings. The van der Waals surface area contributed by atoms with Gasteiger partial charge in [0.15, 0.2) is 0 Å². The second kappa shape index (κ2) is 6.85. The number of piperazine rings is 1. The summed E-state index contributed by atoms with van der Waals surface area (Å²) in [5.74, 6) is -1.97. The number of amides is 2. The van der Waals surface area contributed by atoms with E-state index in [4.69, 9.17) is 4.74 Å². The molecule has 0 aromatic rings. The van der Waals surface area contributed by atoms with Crippen LogP contribution in [0.5, 0.6) is 0 Å². The largest absolute Gasteiger partial charge is 1.00 e. The van der Waals surface area contributed by atoms with Gasteiger partial charge in [0.2, 0.25) is 5.91 Å². The standard InChI is InChI=1S/C10H16N2O5.K/c1-10(2,3)17-9(16)12-4-6(8(14)15)11-7(13)5-12;/h6H,4-5H2,1-3H3,(H,11,13)(H,14,15);/q;+1/p-1/t6-;/m0./s1. The van der Waals surface area contributed by atoms with Gasteiger partial charge in [-0.05, 0) is 20.8 Å². The molecule has 0 aromatic carbocycles. The molecule has 1 aliphatic heterocycles. The Morgan fingerprint density at radius 1 is 1.44 bits per heavy atom. The third-order valence-corrected chi connectivity index (χ3v) is 2.01. The second-order valence-corrected chi connectivity index (χ2v) is 4.80. The minimum Gasteiger partial charge on any atom is -0.548 e. The van der Waals surface area contributed by atoms with Crippen molar-refractivity contribution in [2.75, 3.05) is 13.1 Å². The van der Waals surface area contributed by atoms with E-state index in [0.717, 1.165) is 4.90 Å². The number of carbonyl (C=O) groups is 3. The van der Waals surface area contributed by atoms with Gasteiger partial charge in [0.25, 0.3) is 0 Å². The average Bonchev–Trinajstić information content (AvgIpc) is 2.13. The molecule has 0 aromatic heterocycles. The number of carbonyl (C=O) groups excluding carboxylic acids is 3. The number of hydrogen-bond acceptors (Lipinski definition) is 5. The first kappa shape index (κ1) is 17.8. The molecule has 0 spiro atoms. The first-order chi connectivity index (χ1) is 7.69. The van der Waals surface area contributed by atoms with Crippen LogP contribution in [0.25, 0.3) is 0 Å². The predicted octanol–water partition coefficient (Wildman–Crippen LogP) is -4.52. The Kier molecular flexibility index (Phi) is 6.79. The van der Waals surface area contributed by atoms with Gasteiger partial charge in [-0.15, -0.1) is 0 Å². The molecule has 1 N–H and O–H groups in total. The number of nitrogens with zero attached hydrogens (tertiary/aromatic N) is 1. The Morgan fingerprint density at radius 3 is 2.44 bits per heavy atom. The average molecular weight is 282 g/mol. The Hall–Kier alpha value is -0.154. The molecule has 8 heteroatoms. The van der Waals surface area contributed by atoms with Crippen LogP contribution in [0.4, 0.5) is 4.79 Å². The maximum atomic E-state index is 11.6. The molecular formula is C10H15KN2O5. The van der Waals surface area contributed by atoms with Crippen molar-refractivity contribution in [1.82, 2.24) is 10.2 Å². The van der Waals surface area contributed by atoms with Crippen molar-refractivity contribution in [3.63, 3.8) is 0 Å². The molecule has 7 nitrogen and oxygen atoms in total. The van der Waals surface area contributed by atoms with Gasteiger partial charge in [0.05, 0.1) is 18.6 Å². The van der Waals surface area contributed by atoms with Crippen LogP contribution < -0.4 is 61.8 Å². The molecule has 0 radical (unpaired) electrons. The number of carboxylic acid groups (broad SMARTS) is 1. The molecular weight excluding hydrogens is 267 g/mol. The van der Waals surface area contributed by atoms with E-state index in [-0.39, 0.29) is 64.5 Å². The SMILES string of the molecule is CC(C)(C)OC(=O)N1CC(=O)N[C@H](C(=O)[O-])C1.[K+]. The summed E-state index contributed by atoms with van der Waals surface area (Å²) in [5, 5.41) is 12.9. The van der Waals surface area contributed by atoms with E-state index in [0.29, 0.717) is 0 Å². The minimum absolute atomic E-state index is 0. The summed E-state index contributed by atoms with van der Waals surface area (Å²) in [6.45, 7) is 4.70. The zero-order valence-corrected chi connectivity index (χ0v) is 14.1. The molecule has 1 aliphatic rings. The van der Waals surface area contributed by atoms with E-state index in [2.05, 4.69) is 5.32 Å². The monoisotopic (exact) mass is 282 g/mol. The van der Waals surface area contributed by atoms with Crippen LogP contribution in [-0.4, -0.2) is 47.6 Å². The summed E-state index contributed by atoms with van der Waals surface area (Å²) in [4.78, 5) is 34.5. The van der Waals surface area contributed by atoms with Crippen LogP contribution in [0, 0.1) is 0 Å². The maximum Gasteiger partial charge on any atom is 1.00 e. The first-order valence-corrected chi connectivity index (χ1v) is 5.17. The van der Waals surface area contributed by atoms with Gasteiger partial charge >= 0.3 is 57.5 Å². The van der Waals surface area contributed by atoms with E-state index in [1.807, 2.05) is 0 Å². The number of nitrogens with one attached hydrogen (secondary N) is 1. The van der Waals surface area contributed by atoms with Crippen molar-refractivity contribution in [1.29, 1.82) is 0 Å². The van der Waals surface area contributed by atoms with Crippen molar-refractivity contribution >= 4 is 18.0 Å². The summed E-state index contributed by atoms with van der Waals surface area (Å²) in [6, 6.07) is -1.19. The van der Waals surface area contributed by atoms with Crippen molar-refractivity contribution in [3.8, 4) is 0 Å². The molecule has 2 amide bonds. The van der Waals surface area contributed by atoms with Crippen molar-refractivity contribution in [3.05, 3.63) is 0 Å². The summed E-state index contributed by atoms with van der Waals surface area (Å²) >= 11 is 0. The third kappa shape index (κ3) is 5.66. The van der Waals surface area contributed by atoms with Gasteiger partial charge in [-0.1, -0.05) is 0 Å². The molecule has 96 valence electrons. The topological polar surface area (TPSA) is 98.8 Å². The van der Waals surface area contributed by atoms with Crippen LogP contribution in [-0.2, 0) is 14.3 Å². The van der Waals surface area contributed by atoms with Crippen LogP contribution in [0.15, 0.2) is 0 Å². The quantitative estimate of drug-likeness (QED) is 0.489. The molecule has 0 saturated carbocycles. The Labute approximate surface area is 148 Å². The zero-order chi connectivity index (χ0) is 13.2. The van der Waals surface area contributed by atoms with Crippen LogP contribution >= 0.6 is 0 Å². The van der Waals surface area contributed by atoms with Gasteiger partial charge < -0.3 is 20.0 Å². The van der Waals surface area contributed by atoms with Crippen LogP contribution in [0.3, 0.4) is 0 Å². The summed E-state index contributed by atoms with van der Waals surface area (Å²) in [6.07, 6.45) is -0.710. The van der Waals surface area contributed by atoms with Crippen molar-refractivity contribution in [2.24, 2.45) is 0 Å². The van der Waals surface area contributed by atoms with Crippen LogP contribution in [0.2, 0.25) is 0 Å². The fraction of sp³-hybridized carbons (Fsp3) is 0.700. The van der Waals surface area contributed by atoms with E-state index < -0.39 is 29.6 Å². The van der Waals surface area contributed by atoms with Gasteiger partial charge in [-0.2, -0.15) is 0 Å². The second-order valence-electron chi connectivity index (χ2n) is 4.80. The first-order valence-electron chi connectivity index (χ1n) is 5.17. The molecule has 0 bridgehead atoms. The fourth-order valence-corrected chi connectivity index (χ4v) is 1.34. The van der Waals surface area contributed by atoms with Gasteiger partial charge in [-0.25, -0.2) is 4.79 Å². The summed E-state index contributed by atoms with van der Waals surface area (Å²) in [7, 11) is 0. The number of carboxylic acids is 1. The third-order valence-electron chi connectivity index (χ3n) is 2.01.